The van der Waals surface area contributed by atoms with Crippen molar-refractivity contribution in [3.05, 3.63) is 0 Å². The van der Waals surface area contributed by atoms with E-state index < -0.39 is 17.5 Å². The molecule has 0 bridgehead atoms. The van der Waals surface area contributed by atoms with Crippen LogP contribution in [-0.4, -0.2) is 35.5 Å². The van der Waals surface area contributed by atoms with Gasteiger partial charge in [-0.1, -0.05) is 13.8 Å². The lowest BCUT2D eigenvalue weighted by molar-refractivity contribution is -0.158. The van der Waals surface area contributed by atoms with E-state index in [-0.39, 0.29) is 5.92 Å². The zero-order valence-electron chi connectivity index (χ0n) is 8.69. The second kappa shape index (κ2) is 4.28. The van der Waals surface area contributed by atoms with Gasteiger partial charge in [-0.15, -0.1) is 0 Å². The standard InChI is InChI=1S/C10H18O4/c1-10(2,8(11)9(12)13)7-4-3-5-14-6-7/h7-8,11H,3-6H2,1-2H3,(H,12,13). The van der Waals surface area contributed by atoms with Crippen molar-refractivity contribution in [2.75, 3.05) is 13.2 Å². The van der Waals surface area contributed by atoms with Crippen LogP contribution in [0.5, 0.6) is 0 Å². The minimum Gasteiger partial charge on any atom is -0.479 e. The normalized spacial score (nSPS) is 25.8. The molecule has 1 aliphatic heterocycles. The lowest BCUT2D eigenvalue weighted by atomic mass is 9.72. The third-order valence-electron chi connectivity index (χ3n) is 3.15. The fourth-order valence-electron chi connectivity index (χ4n) is 1.87. The second-order valence-corrected chi connectivity index (χ2v) is 4.48. The van der Waals surface area contributed by atoms with Gasteiger partial charge in [0.05, 0.1) is 6.61 Å². The van der Waals surface area contributed by atoms with Crippen LogP contribution in [0.25, 0.3) is 0 Å². The van der Waals surface area contributed by atoms with E-state index in [4.69, 9.17) is 9.84 Å². The number of carboxylic acids is 1. The van der Waals surface area contributed by atoms with E-state index in [1.165, 1.54) is 0 Å². The summed E-state index contributed by atoms with van der Waals surface area (Å²) in [6.45, 7) is 4.86. The maximum absolute atomic E-state index is 10.7. The summed E-state index contributed by atoms with van der Waals surface area (Å²) in [5, 5.41) is 18.3. The summed E-state index contributed by atoms with van der Waals surface area (Å²) in [6.07, 6.45) is 0.562. The minimum atomic E-state index is -1.31. The molecule has 0 aliphatic carbocycles. The molecule has 0 aromatic carbocycles. The molecular weight excluding hydrogens is 184 g/mol. The summed E-state index contributed by atoms with van der Waals surface area (Å²) in [5.74, 6) is -1.03. The number of hydrogen-bond donors (Lipinski definition) is 2. The highest BCUT2D eigenvalue weighted by Crippen LogP contribution is 2.36. The minimum absolute atomic E-state index is 0.127. The highest BCUT2D eigenvalue weighted by Gasteiger charge is 2.41. The van der Waals surface area contributed by atoms with Gasteiger partial charge in [-0.3, -0.25) is 0 Å². The summed E-state index contributed by atoms with van der Waals surface area (Å²) >= 11 is 0. The van der Waals surface area contributed by atoms with Crippen LogP contribution in [0, 0.1) is 11.3 Å². The summed E-state index contributed by atoms with van der Waals surface area (Å²) in [6, 6.07) is 0. The molecule has 4 heteroatoms. The Morgan fingerprint density at radius 1 is 1.57 bits per heavy atom. The Balaban J connectivity index is 2.66. The molecule has 0 spiro atoms. The van der Waals surface area contributed by atoms with Crippen LogP contribution in [0.1, 0.15) is 26.7 Å². The van der Waals surface area contributed by atoms with Gasteiger partial charge >= 0.3 is 5.97 Å². The van der Waals surface area contributed by atoms with Crippen molar-refractivity contribution in [2.24, 2.45) is 11.3 Å². The molecule has 1 fully saturated rings. The Labute approximate surface area is 83.9 Å². The molecule has 0 amide bonds. The van der Waals surface area contributed by atoms with E-state index in [0.29, 0.717) is 6.61 Å². The van der Waals surface area contributed by atoms with Gasteiger partial charge in [0.25, 0.3) is 0 Å². The molecule has 0 aromatic heterocycles. The number of aliphatic carboxylic acids is 1. The van der Waals surface area contributed by atoms with E-state index in [0.717, 1.165) is 19.4 Å². The van der Waals surface area contributed by atoms with E-state index in [2.05, 4.69) is 0 Å². The highest BCUT2D eigenvalue weighted by atomic mass is 16.5. The molecule has 2 N–H and O–H groups in total. The Bertz CT molecular complexity index is 206. The Morgan fingerprint density at radius 3 is 2.64 bits per heavy atom. The van der Waals surface area contributed by atoms with Gasteiger partial charge in [0.2, 0.25) is 0 Å². The SMILES string of the molecule is CC(C)(C1CCCOC1)C(O)C(=O)O. The van der Waals surface area contributed by atoms with Crippen LogP contribution in [0.4, 0.5) is 0 Å². The summed E-state index contributed by atoms with van der Waals surface area (Å²) in [7, 11) is 0. The second-order valence-electron chi connectivity index (χ2n) is 4.48. The lowest BCUT2D eigenvalue weighted by Crippen LogP contribution is -2.44. The molecule has 1 aliphatic rings. The maximum Gasteiger partial charge on any atom is 0.333 e. The molecule has 2 atom stereocenters. The van der Waals surface area contributed by atoms with Gasteiger partial charge in [0.15, 0.2) is 6.10 Å². The van der Waals surface area contributed by atoms with Crippen LogP contribution >= 0.6 is 0 Å². The first kappa shape index (κ1) is 11.5. The number of ether oxygens (including phenoxy) is 1. The average molecular weight is 202 g/mol. The molecule has 1 rings (SSSR count). The predicted molar refractivity (Wildman–Crippen MR) is 51.0 cm³/mol. The summed E-state index contributed by atoms with van der Waals surface area (Å²) < 4.78 is 5.29. The van der Waals surface area contributed by atoms with Crippen molar-refractivity contribution < 1.29 is 19.7 Å². The zero-order valence-corrected chi connectivity index (χ0v) is 8.69. The monoisotopic (exact) mass is 202 g/mol. The van der Waals surface area contributed by atoms with Crippen molar-refractivity contribution in [1.82, 2.24) is 0 Å². The Kier molecular flexibility index (Phi) is 3.50. The number of aliphatic hydroxyl groups is 1. The maximum atomic E-state index is 10.7. The van der Waals surface area contributed by atoms with E-state index >= 15 is 0 Å². The summed E-state index contributed by atoms with van der Waals surface area (Å²) in [5.41, 5.74) is -0.619. The van der Waals surface area contributed by atoms with Crippen molar-refractivity contribution in [1.29, 1.82) is 0 Å². The van der Waals surface area contributed by atoms with Crippen LogP contribution in [0.2, 0.25) is 0 Å². The quantitative estimate of drug-likeness (QED) is 0.713. The highest BCUT2D eigenvalue weighted by molar-refractivity contribution is 5.73. The van der Waals surface area contributed by atoms with Crippen LogP contribution < -0.4 is 0 Å². The fourth-order valence-corrected chi connectivity index (χ4v) is 1.87. The third-order valence-corrected chi connectivity index (χ3v) is 3.15. The van der Waals surface area contributed by atoms with Gasteiger partial charge in [-0.05, 0) is 18.8 Å². The first-order valence-electron chi connectivity index (χ1n) is 4.95. The lowest BCUT2D eigenvalue weighted by Gasteiger charge is -2.38. The zero-order chi connectivity index (χ0) is 10.8. The van der Waals surface area contributed by atoms with Gasteiger partial charge in [-0.25, -0.2) is 4.79 Å². The fraction of sp³-hybridized carbons (Fsp3) is 0.900. The smallest absolute Gasteiger partial charge is 0.333 e. The molecule has 1 saturated heterocycles. The van der Waals surface area contributed by atoms with Crippen LogP contribution in [0.15, 0.2) is 0 Å². The van der Waals surface area contributed by atoms with Crippen molar-refractivity contribution in [2.45, 2.75) is 32.8 Å². The Morgan fingerprint density at radius 2 is 2.21 bits per heavy atom. The van der Waals surface area contributed by atoms with Gasteiger partial charge in [0, 0.05) is 12.0 Å². The number of carboxylic acid groups (broad SMARTS) is 1. The first-order valence-corrected chi connectivity index (χ1v) is 4.95. The number of aliphatic hydroxyl groups excluding tert-OH is 1. The molecule has 0 aromatic rings. The van der Waals surface area contributed by atoms with E-state index in [1.807, 2.05) is 0 Å². The van der Waals surface area contributed by atoms with E-state index in [9.17, 15) is 9.90 Å². The van der Waals surface area contributed by atoms with Crippen molar-refractivity contribution >= 4 is 5.97 Å². The average Bonchev–Trinajstić information content (AvgIpc) is 2.18. The molecule has 0 saturated carbocycles. The molecule has 2 unspecified atom stereocenters. The molecule has 14 heavy (non-hydrogen) atoms. The van der Waals surface area contributed by atoms with Crippen molar-refractivity contribution in [3.63, 3.8) is 0 Å². The Hall–Kier alpha value is -0.610. The van der Waals surface area contributed by atoms with Crippen LogP contribution in [0.3, 0.4) is 0 Å². The summed E-state index contributed by atoms with van der Waals surface area (Å²) in [4.78, 5) is 10.7. The third kappa shape index (κ3) is 2.25. The van der Waals surface area contributed by atoms with Crippen LogP contribution in [-0.2, 0) is 9.53 Å². The van der Waals surface area contributed by atoms with E-state index in [1.54, 1.807) is 13.8 Å². The number of rotatable bonds is 3. The molecule has 82 valence electrons. The predicted octanol–water partition coefficient (Wildman–Crippen LogP) is 0.885. The first-order chi connectivity index (χ1) is 6.46. The topological polar surface area (TPSA) is 66.8 Å². The molecular formula is C10H18O4. The van der Waals surface area contributed by atoms with Gasteiger partial charge in [-0.2, -0.15) is 0 Å². The van der Waals surface area contributed by atoms with Crippen molar-refractivity contribution in [3.8, 4) is 0 Å². The molecule has 0 radical (unpaired) electrons. The largest absolute Gasteiger partial charge is 0.479 e. The number of hydrogen-bond acceptors (Lipinski definition) is 3. The molecule has 1 heterocycles. The number of carbonyl (C=O) groups is 1. The van der Waals surface area contributed by atoms with Gasteiger partial charge < -0.3 is 14.9 Å². The van der Waals surface area contributed by atoms with Gasteiger partial charge in [0.1, 0.15) is 0 Å². The molecule has 4 nitrogen and oxygen atoms in total.